The van der Waals surface area contributed by atoms with E-state index in [0.717, 1.165) is 12.2 Å². The second-order valence-corrected chi connectivity index (χ2v) is 5.03. The fraction of sp³-hybridized carbons (Fsp3) is 0.875. The molecule has 2 rings (SSSR count). The summed E-state index contributed by atoms with van der Waals surface area (Å²) in [4.78, 5) is 10.8. The van der Waals surface area contributed by atoms with Crippen LogP contribution in [0.25, 0.3) is 0 Å². The highest BCUT2D eigenvalue weighted by atomic mass is 32.2. The first-order valence-corrected chi connectivity index (χ1v) is 5.27. The first kappa shape index (κ1) is 8.38. The van der Waals surface area contributed by atoms with Crippen molar-refractivity contribution >= 4 is 17.7 Å². The smallest absolute Gasteiger partial charge is 0.321 e. The molecule has 0 aromatic carbocycles. The van der Waals surface area contributed by atoms with E-state index in [0.29, 0.717) is 5.92 Å². The van der Waals surface area contributed by atoms with Crippen molar-refractivity contribution in [3.05, 3.63) is 0 Å². The van der Waals surface area contributed by atoms with Gasteiger partial charge in [0.1, 0.15) is 6.04 Å². The minimum atomic E-state index is -0.710. The van der Waals surface area contributed by atoms with Gasteiger partial charge in [-0.2, -0.15) is 0 Å². The molecule has 1 aliphatic carbocycles. The van der Waals surface area contributed by atoms with Gasteiger partial charge in [-0.25, -0.2) is 0 Å². The van der Waals surface area contributed by atoms with Crippen LogP contribution in [0.15, 0.2) is 0 Å². The van der Waals surface area contributed by atoms with E-state index in [1.807, 2.05) is 0 Å². The van der Waals surface area contributed by atoms with Crippen molar-refractivity contribution < 1.29 is 9.90 Å². The molecule has 4 heteroatoms. The minimum Gasteiger partial charge on any atom is -0.480 e. The molecule has 2 N–H and O–H groups in total. The summed E-state index contributed by atoms with van der Waals surface area (Å²) in [7, 11) is 0. The van der Waals surface area contributed by atoms with E-state index in [4.69, 9.17) is 5.11 Å². The van der Waals surface area contributed by atoms with Crippen molar-refractivity contribution in [2.45, 2.75) is 30.7 Å². The molecule has 0 aromatic heterocycles. The molecule has 3 unspecified atom stereocenters. The van der Waals surface area contributed by atoms with E-state index in [2.05, 4.69) is 12.2 Å². The molecular weight excluding hydrogens is 174 g/mol. The van der Waals surface area contributed by atoms with Gasteiger partial charge in [-0.1, -0.05) is 6.92 Å². The minimum absolute atomic E-state index is 0.114. The van der Waals surface area contributed by atoms with Crippen LogP contribution in [-0.2, 0) is 4.79 Å². The Balaban J connectivity index is 2.02. The lowest BCUT2D eigenvalue weighted by Crippen LogP contribution is -2.54. The van der Waals surface area contributed by atoms with Crippen LogP contribution in [0, 0.1) is 5.92 Å². The summed E-state index contributed by atoms with van der Waals surface area (Å²) in [6.07, 6.45) is 2.36. The second kappa shape index (κ2) is 2.64. The van der Waals surface area contributed by atoms with E-state index in [9.17, 15) is 4.79 Å². The third kappa shape index (κ3) is 1.05. The van der Waals surface area contributed by atoms with E-state index in [1.165, 1.54) is 6.42 Å². The Labute approximate surface area is 75.9 Å². The van der Waals surface area contributed by atoms with Gasteiger partial charge in [0.2, 0.25) is 0 Å². The molecule has 1 spiro atoms. The van der Waals surface area contributed by atoms with Gasteiger partial charge in [-0.3, -0.25) is 10.1 Å². The van der Waals surface area contributed by atoms with Crippen molar-refractivity contribution in [3.63, 3.8) is 0 Å². The van der Waals surface area contributed by atoms with Gasteiger partial charge in [0, 0.05) is 5.75 Å². The number of thioether (sulfide) groups is 1. The number of carboxylic acid groups (broad SMARTS) is 1. The van der Waals surface area contributed by atoms with Crippen LogP contribution in [-0.4, -0.2) is 27.7 Å². The second-order valence-electron chi connectivity index (χ2n) is 3.68. The molecule has 3 nitrogen and oxygen atoms in total. The van der Waals surface area contributed by atoms with E-state index >= 15 is 0 Å². The molecule has 0 aromatic rings. The molecule has 0 radical (unpaired) electrons. The average Bonchev–Trinajstić information content (AvgIpc) is 2.48. The molecule has 0 bridgehead atoms. The number of hydrogen-bond donors (Lipinski definition) is 2. The van der Waals surface area contributed by atoms with Crippen molar-refractivity contribution in [2.75, 3.05) is 5.75 Å². The summed E-state index contributed by atoms with van der Waals surface area (Å²) in [5, 5.41) is 12.0. The molecule has 2 fully saturated rings. The molecule has 1 heterocycles. The van der Waals surface area contributed by atoms with Crippen LogP contribution in [0.3, 0.4) is 0 Å². The van der Waals surface area contributed by atoms with Crippen molar-refractivity contribution in [2.24, 2.45) is 5.92 Å². The zero-order valence-electron chi connectivity index (χ0n) is 7.04. The largest absolute Gasteiger partial charge is 0.480 e. The number of nitrogens with one attached hydrogen (secondary N) is 1. The lowest BCUT2D eigenvalue weighted by Gasteiger charge is -2.44. The Morgan fingerprint density at radius 3 is 2.75 bits per heavy atom. The van der Waals surface area contributed by atoms with Gasteiger partial charge in [-0.15, -0.1) is 11.8 Å². The summed E-state index contributed by atoms with van der Waals surface area (Å²) in [5.41, 5.74) is 0. The molecular formula is C8H13NO2S. The third-order valence-electron chi connectivity index (χ3n) is 2.97. The van der Waals surface area contributed by atoms with Crippen LogP contribution < -0.4 is 5.32 Å². The first-order chi connectivity index (χ1) is 5.64. The van der Waals surface area contributed by atoms with E-state index < -0.39 is 5.97 Å². The van der Waals surface area contributed by atoms with E-state index in [-0.39, 0.29) is 10.9 Å². The van der Waals surface area contributed by atoms with E-state index in [1.54, 1.807) is 11.8 Å². The monoisotopic (exact) mass is 187 g/mol. The van der Waals surface area contributed by atoms with Crippen LogP contribution in [0.2, 0.25) is 0 Å². The van der Waals surface area contributed by atoms with Crippen molar-refractivity contribution in [1.82, 2.24) is 5.32 Å². The van der Waals surface area contributed by atoms with Crippen molar-refractivity contribution in [3.8, 4) is 0 Å². The summed E-state index contributed by atoms with van der Waals surface area (Å²) in [5.74, 6) is 0.643. The van der Waals surface area contributed by atoms with Crippen LogP contribution in [0.1, 0.15) is 19.8 Å². The van der Waals surface area contributed by atoms with Gasteiger partial charge in [0.25, 0.3) is 0 Å². The number of hydrogen-bond acceptors (Lipinski definition) is 3. The highest BCUT2D eigenvalue weighted by Gasteiger charge is 2.50. The molecule has 1 saturated carbocycles. The summed E-state index contributed by atoms with van der Waals surface area (Å²) < 4.78 is 0. The lowest BCUT2D eigenvalue weighted by molar-refractivity contribution is -0.139. The normalized spacial score (nSPS) is 46.1. The maximum absolute atomic E-state index is 10.7. The Bertz CT molecular complexity index is 221. The zero-order chi connectivity index (χ0) is 8.77. The number of aliphatic carboxylic acids is 1. The summed E-state index contributed by atoms with van der Waals surface area (Å²) in [6, 6.07) is -0.322. The van der Waals surface area contributed by atoms with Gasteiger partial charge in [-0.05, 0) is 18.8 Å². The topological polar surface area (TPSA) is 49.3 Å². The lowest BCUT2D eigenvalue weighted by atomic mass is 9.80. The van der Waals surface area contributed by atoms with Crippen LogP contribution >= 0.6 is 11.8 Å². The standard InChI is InChI=1S/C8H13NO2S/c1-5-2-3-8(5)9-6(4-12-8)7(10)11/h5-6,9H,2-4H2,1H3,(H,10,11). The third-order valence-corrected chi connectivity index (χ3v) is 4.71. The molecule has 68 valence electrons. The van der Waals surface area contributed by atoms with Gasteiger partial charge < -0.3 is 5.11 Å². The highest BCUT2D eigenvalue weighted by molar-refractivity contribution is 8.01. The molecule has 3 atom stereocenters. The summed E-state index contributed by atoms with van der Waals surface area (Å²) in [6.45, 7) is 2.19. The SMILES string of the molecule is CC1CCC12NC(C(=O)O)CS2. The molecule has 2 aliphatic rings. The molecule has 0 amide bonds. The Morgan fingerprint density at radius 2 is 2.50 bits per heavy atom. The van der Waals surface area contributed by atoms with Gasteiger partial charge in [0.15, 0.2) is 0 Å². The quantitative estimate of drug-likeness (QED) is 0.640. The predicted molar refractivity (Wildman–Crippen MR) is 48.1 cm³/mol. The summed E-state index contributed by atoms with van der Waals surface area (Å²) >= 11 is 1.78. The number of rotatable bonds is 1. The Hall–Kier alpha value is -0.220. The highest BCUT2D eigenvalue weighted by Crippen LogP contribution is 2.50. The maximum Gasteiger partial charge on any atom is 0.321 e. The van der Waals surface area contributed by atoms with Crippen LogP contribution in [0.4, 0.5) is 0 Å². The fourth-order valence-corrected chi connectivity index (χ4v) is 3.45. The number of carbonyl (C=O) groups is 1. The molecule has 1 aliphatic heterocycles. The number of carboxylic acids is 1. The molecule has 1 saturated heterocycles. The fourth-order valence-electron chi connectivity index (χ4n) is 1.87. The van der Waals surface area contributed by atoms with Gasteiger partial charge in [0.05, 0.1) is 4.87 Å². The Morgan fingerprint density at radius 1 is 1.75 bits per heavy atom. The average molecular weight is 187 g/mol. The van der Waals surface area contributed by atoms with Gasteiger partial charge >= 0.3 is 5.97 Å². The maximum atomic E-state index is 10.7. The Kier molecular flexibility index (Phi) is 1.84. The first-order valence-electron chi connectivity index (χ1n) is 4.28. The van der Waals surface area contributed by atoms with Crippen LogP contribution in [0.5, 0.6) is 0 Å². The van der Waals surface area contributed by atoms with Crippen molar-refractivity contribution in [1.29, 1.82) is 0 Å². The zero-order valence-corrected chi connectivity index (χ0v) is 7.86. The molecule has 12 heavy (non-hydrogen) atoms. The predicted octanol–water partition coefficient (Wildman–Crippen LogP) is 0.902.